The minimum absolute atomic E-state index is 0.267. The number of para-hydroxylation sites is 1. The Hall–Kier alpha value is -3.02. The minimum atomic E-state index is -1.30. The summed E-state index contributed by atoms with van der Waals surface area (Å²) in [7, 11) is 1.85. The molecule has 1 aliphatic heterocycles. The van der Waals surface area contributed by atoms with Crippen LogP contribution >= 0.6 is 0 Å². The molecular weight excluding hydrogens is 310 g/mol. The lowest BCUT2D eigenvalue weighted by Gasteiger charge is -2.29. The monoisotopic (exact) mass is 329 g/mol. The molecule has 6 nitrogen and oxygen atoms in total. The molecule has 1 fully saturated rings. The topological polar surface area (TPSA) is 76.1 Å². The van der Waals surface area contributed by atoms with Crippen LogP contribution in [0.15, 0.2) is 66.1 Å². The van der Waals surface area contributed by atoms with Crippen LogP contribution in [0.2, 0.25) is 0 Å². The molecule has 1 aliphatic rings. The SMILES string of the molecule is CN(/C=C/C=C(\O)C=C1C(=O)OC(C)(C)OC1=O)c1ccccc1. The maximum absolute atomic E-state index is 11.8. The van der Waals surface area contributed by atoms with Crippen LogP contribution in [0.4, 0.5) is 5.69 Å². The first kappa shape index (κ1) is 17.3. The molecule has 6 heteroatoms. The van der Waals surface area contributed by atoms with Crippen molar-refractivity contribution in [3.63, 3.8) is 0 Å². The number of aliphatic hydroxyl groups excluding tert-OH is 1. The van der Waals surface area contributed by atoms with E-state index >= 15 is 0 Å². The van der Waals surface area contributed by atoms with Gasteiger partial charge in [-0.05, 0) is 24.3 Å². The first-order valence-corrected chi connectivity index (χ1v) is 7.32. The lowest BCUT2D eigenvalue weighted by Crippen LogP contribution is -2.41. The third-order valence-corrected chi connectivity index (χ3v) is 3.15. The molecule has 0 saturated carbocycles. The van der Waals surface area contributed by atoms with Crippen molar-refractivity contribution in [1.29, 1.82) is 0 Å². The number of ether oxygens (including phenoxy) is 2. The Balaban J connectivity index is 2.07. The summed E-state index contributed by atoms with van der Waals surface area (Å²) in [5.41, 5.74) is 0.620. The summed E-state index contributed by atoms with van der Waals surface area (Å²) < 4.78 is 9.89. The van der Waals surface area contributed by atoms with Gasteiger partial charge in [0.1, 0.15) is 11.3 Å². The summed E-state index contributed by atoms with van der Waals surface area (Å²) in [6.45, 7) is 2.91. The molecule has 1 aromatic carbocycles. The Labute approximate surface area is 140 Å². The zero-order valence-electron chi connectivity index (χ0n) is 13.7. The maximum Gasteiger partial charge on any atom is 0.348 e. The highest BCUT2D eigenvalue weighted by atomic mass is 16.7. The van der Waals surface area contributed by atoms with Crippen LogP contribution in [0.25, 0.3) is 0 Å². The number of carbonyl (C=O) groups excluding carboxylic acids is 2. The number of allylic oxidation sites excluding steroid dienone is 3. The molecule has 0 aliphatic carbocycles. The third-order valence-electron chi connectivity index (χ3n) is 3.15. The summed E-state index contributed by atoms with van der Waals surface area (Å²) in [6, 6.07) is 9.62. The molecule has 1 aromatic rings. The van der Waals surface area contributed by atoms with E-state index in [9.17, 15) is 14.7 Å². The first-order chi connectivity index (χ1) is 11.3. The predicted octanol–water partition coefficient (Wildman–Crippen LogP) is 2.84. The number of cyclic esters (lactones) is 2. The van der Waals surface area contributed by atoms with E-state index in [4.69, 9.17) is 9.47 Å². The number of esters is 2. The van der Waals surface area contributed by atoms with Gasteiger partial charge in [0.15, 0.2) is 0 Å². The van der Waals surface area contributed by atoms with Gasteiger partial charge in [-0.25, -0.2) is 9.59 Å². The molecule has 0 amide bonds. The van der Waals surface area contributed by atoms with Crippen LogP contribution in [0.1, 0.15) is 13.8 Å². The van der Waals surface area contributed by atoms with Gasteiger partial charge in [-0.2, -0.15) is 0 Å². The number of hydrogen-bond donors (Lipinski definition) is 1. The average molecular weight is 329 g/mol. The van der Waals surface area contributed by atoms with Crippen molar-refractivity contribution in [2.75, 3.05) is 11.9 Å². The molecule has 1 heterocycles. The molecule has 0 atom stereocenters. The van der Waals surface area contributed by atoms with E-state index in [1.165, 1.54) is 19.9 Å². The van der Waals surface area contributed by atoms with Gasteiger partial charge in [0.25, 0.3) is 5.79 Å². The second kappa shape index (κ2) is 7.04. The summed E-state index contributed by atoms with van der Waals surface area (Å²) >= 11 is 0. The van der Waals surface area contributed by atoms with Gasteiger partial charge in [-0.1, -0.05) is 18.2 Å². The first-order valence-electron chi connectivity index (χ1n) is 7.32. The standard InChI is InChI=1S/C18H19NO5/c1-18(2)23-16(21)15(17(22)24-18)12-14(20)10-7-11-19(3)13-8-5-4-6-9-13/h4-12,20H,1-3H3/b11-7+,14-10-. The van der Waals surface area contributed by atoms with Crippen molar-refractivity contribution in [3.8, 4) is 0 Å². The van der Waals surface area contributed by atoms with Crippen LogP contribution in [0.5, 0.6) is 0 Å². The molecule has 0 radical (unpaired) electrons. The highest BCUT2D eigenvalue weighted by molar-refractivity contribution is 6.15. The molecule has 0 unspecified atom stereocenters. The van der Waals surface area contributed by atoms with E-state index < -0.39 is 17.7 Å². The highest BCUT2D eigenvalue weighted by Gasteiger charge is 2.38. The van der Waals surface area contributed by atoms with Crippen molar-refractivity contribution < 1.29 is 24.2 Å². The van der Waals surface area contributed by atoms with Crippen molar-refractivity contribution >= 4 is 17.6 Å². The molecule has 0 spiro atoms. The smallest absolute Gasteiger partial charge is 0.348 e. The van der Waals surface area contributed by atoms with E-state index in [1.54, 1.807) is 12.3 Å². The normalized spacial score (nSPS) is 17.5. The Morgan fingerprint density at radius 1 is 1.12 bits per heavy atom. The van der Waals surface area contributed by atoms with Gasteiger partial charge in [0.05, 0.1) is 0 Å². The zero-order chi connectivity index (χ0) is 17.7. The van der Waals surface area contributed by atoms with Crippen LogP contribution < -0.4 is 4.90 Å². The number of aliphatic hydroxyl groups is 1. The second-order valence-corrected chi connectivity index (χ2v) is 5.62. The van der Waals surface area contributed by atoms with E-state index in [2.05, 4.69) is 0 Å². The Kier molecular flexibility index (Phi) is 5.08. The molecule has 1 N–H and O–H groups in total. The molecular formula is C18H19NO5. The van der Waals surface area contributed by atoms with Gasteiger partial charge in [0.2, 0.25) is 0 Å². The summed E-state index contributed by atoms with van der Waals surface area (Å²) in [4.78, 5) is 25.4. The average Bonchev–Trinajstić information content (AvgIpc) is 2.51. The van der Waals surface area contributed by atoms with Crippen LogP contribution in [-0.2, 0) is 19.1 Å². The zero-order valence-corrected chi connectivity index (χ0v) is 13.7. The second-order valence-electron chi connectivity index (χ2n) is 5.62. The summed E-state index contributed by atoms with van der Waals surface area (Å²) in [5, 5.41) is 9.85. The van der Waals surface area contributed by atoms with Crippen LogP contribution in [0, 0.1) is 0 Å². The predicted molar refractivity (Wildman–Crippen MR) is 89.0 cm³/mol. The van der Waals surface area contributed by atoms with E-state index in [0.29, 0.717) is 0 Å². The van der Waals surface area contributed by atoms with Gasteiger partial charge >= 0.3 is 11.9 Å². The molecule has 0 bridgehead atoms. The third kappa shape index (κ3) is 4.49. The maximum atomic E-state index is 11.8. The number of anilines is 1. The van der Waals surface area contributed by atoms with Crippen molar-refractivity contribution in [2.45, 2.75) is 19.6 Å². The fraction of sp³-hybridized carbons (Fsp3) is 0.222. The van der Waals surface area contributed by atoms with Crippen LogP contribution in [0.3, 0.4) is 0 Å². The Bertz CT molecular complexity index is 694. The largest absolute Gasteiger partial charge is 0.508 e. The van der Waals surface area contributed by atoms with Gasteiger partial charge in [-0.15, -0.1) is 0 Å². The minimum Gasteiger partial charge on any atom is -0.508 e. The molecule has 1 saturated heterocycles. The van der Waals surface area contributed by atoms with E-state index in [-0.39, 0.29) is 11.3 Å². The highest BCUT2D eigenvalue weighted by Crippen LogP contribution is 2.23. The lowest BCUT2D eigenvalue weighted by atomic mass is 10.2. The fourth-order valence-corrected chi connectivity index (χ4v) is 1.99. The van der Waals surface area contributed by atoms with Gasteiger partial charge in [-0.3, -0.25) is 0 Å². The summed E-state index contributed by atoms with van der Waals surface area (Å²) in [6.07, 6.45) is 5.69. The lowest BCUT2D eigenvalue weighted by molar-refractivity contribution is -0.222. The number of nitrogens with zero attached hydrogens (tertiary/aromatic N) is 1. The van der Waals surface area contributed by atoms with E-state index in [1.807, 2.05) is 42.3 Å². The molecule has 126 valence electrons. The van der Waals surface area contributed by atoms with Crippen molar-refractivity contribution in [1.82, 2.24) is 0 Å². The number of carbonyl (C=O) groups is 2. The van der Waals surface area contributed by atoms with Gasteiger partial charge in [0, 0.05) is 38.9 Å². The van der Waals surface area contributed by atoms with E-state index in [0.717, 1.165) is 11.8 Å². The Morgan fingerprint density at radius 3 is 2.29 bits per heavy atom. The summed E-state index contributed by atoms with van der Waals surface area (Å²) in [5.74, 6) is -3.23. The van der Waals surface area contributed by atoms with Crippen molar-refractivity contribution in [3.05, 3.63) is 66.1 Å². The molecule has 24 heavy (non-hydrogen) atoms. The fourth-order valence-electron chi connectivity index (χ4n) is 1.99. The number of rotatable bonds is 4. The number of hydrogen-bond acceptors (Lipinski definition) is 6. The number of benzene rings is 1. The van der Waals surface area contributed by atoms with Crippen molar-refractivity contribution in [2.24, 2.45) is 0 Å². The van der Waals surface area contributed by atoms with Gasteiger partial charge < -0.3 is 19.5 Å². The van der Waals surface area contributed by atoms with Crippen LogP contribution in [-0.4, -0.2) is 29.9 Å². The quantitative estimate of drug-likeness (QED) is 0.301. The molecule has 0 aromatic heterocycles. The molecule has 2 rings (SSSR count). The Morgan fingerprint density at radius 2 is 1.71 bits per heavy atom.